The highest BCUT2D eigenvalue weighted by Crippen LogP contribution is 2.24. The van der Waals surface area contributed by atoms with Crippen molar-refractivity contribution >= 4 is 31.6 Å². The van der Waals surface area contributed by atoms with Crippen LogP contribution in [0, 0.1) is 0 Å². The Morgan fingerprint density at radius 2 is 1.90 bits per heavy atom. The van der Waals surface area contributed by atoms with Crippen LogP contribution in [0.2, 0.25) is 0 Å². The molecule has 1 aromatic carbocycles. The van der Waals surface area contributed by atoms with Crippen molar-refractivity contribution in [2.75, 3.05) is 39.5 Å². The lowest BCUT2D eigenvalue weighted by atomic mass is 10.3. The Morgan fingerprint density at radius 1 is 1.25 bits per heavy atom. The van der Waals surface area contributed by atoms with Gasteiger partial charge in [0.1, 0.15) is 0 Å². The minimum Gasteiger partial charge on any atom is -0.398 e. The van der Waals surface area contributed by atoms with Gasteiger partial charge in [-0.25, -0.2) is 8.42 Å². The van der Waals surface area contributed by atoms with Gasteiger partial charge in [0, 0.05) is 23.2 Å². The molecule has 0 atom stereocenters. The lowest BCUT2D eigenvalue weighted by Crippen LogP contribution is -2.33. The maximum atomic E-state index is 12.5. The molecule has 1 aromatic rings. The van der Waals surface area contributed by atoms with Gasteiger partial charge in [-0.1, -0.05) is 6.92 Å². The maximum absolute atomic E-state index is 12.5. The van der Waals surface area contributed by atoms with Gasteiger partial charge in [0.25, 0.3) is 0 Å². The number of nitrogens with zero attached hydrogens (tertiary/aromatic N) is 2. The van der Waals surface area contributed by atoms with Gasteiger partial charge < -0.3 is 10.6 Å². The zero-order valence-electron chi connectivity index (χ0n) is 12.1. The summed E-state index contributed by atoms with van der Waals surface area (Å²) in [5, 5.41) is 0. The van der Waals surface area contributed by atoms with Crippen LogP contribution < -0.4 is 5.73 Å². The minimum absolute atomic E-state index is 0.241. The molecule has 0 amide bonds. The Kier molecular flexibility index (Phi) is 6.44. The number of sulfonamides is 1. The monoisotopic (exact) mass is 363 g/mol. The molecule has 1 rings (SSSR count). The third-order valence-corrected chi connectivity index (χ3v) is 5.66. The first-order valence-corrected chi connectivity index (χ1v) is 8.72. The summed E-state index contributed by atoms with van der Waals surface area (Å²) in [6, 6.07) is 4.73. The van der Waals surface area contributed by atoms with E-state index in [1.165, 1.54) is 10.4 Å². The van der Waals surface area contributed by atoms with Crippen molar-refractivity contribution in [1.29, 1.82) is 0 Å². The van der Waals surface area contributed by atoms with Gasteiger partial charge in [-0.05, 0) is 61.2 Å². The summed E-state index contributed by atoms with van der Waals surface area (Å²) in [6.45, 7) is 3.66. The Hall–Kier alpha value is -0.630. The van der Waals surface area contributed by atoms with Crippen LogP contribution in [0.5, 0.6) is 0 Å². The van der Waals surface area contributed by atoms with Crippen LogP contribution in [0.4, 0.5) is 5.69 Å². The van der Waals surface area contributed by atoms with E-state index in [4.69, 9.17) is 5.73 Å². The molecule has 0 radical (unpaired) electrons. The molecule has 0 saturated carbocycles. The SMILES string of the molecule is CCN(CCCN(C)C)S(=O)(=O)c1ccc(Br)c(N)c1. The van der Waals surface area contributed by atoms with E-state index in [0.29, 0.717) is 23.2 Å². The molecule has 0 saturated heterocycles. The smallest absolute Gasteiger partial charge is 0.243 e. The van der Waals surface area contributed by atoms with Gasteiger partial charge in [-0.15, -0.1) is 0 Å². The van der Waals surface area contributed by atoms with Crippen LogP contribution in [0.15, 0.2) is 27.6 Å². The molecule has 0 aliphatic rings. The normalized spacial score (nSPS) is 12.3. The summed E-state index contributed by atoms with van der Waals surface area (Å²) < 4.78 is 27.3. The highest BCUT2D eigenvalue weighted by Gasteiger charge is 2.23. The number of nitrogens with two attached hydrogens (primary N) is 1. The van der Waals surface area contributed by atoms with Gasteiger partial charge in [0.2, 0.25) is 10.0 Å². The highest BCUT2D eigenvalue weighted by molar-refractivity contribution is 9.10. The molecule has 7 heteroatoms. The number of hydrogen-bond acceptors (Lipinski definition) is 4. The Bertz CT molecular complexity index is 547. The molecule has 5 nitrogen and oxygen atoms in total. The maximum Gasteiger partial charge on any atom is 0.243 e. The van der Waals surface area contributed by atoms with Crippen LogP contribution in [-0.2, 0) is 10.0 Å². The third kappa shape index (κ3) is 4.44. The Labute approximate surface area is 129 Å². The number of hydrogen-bond donors (Lipinski definition) is 1. The third-order valence-electron chi connectivity index (χ3n) is 2.97. The van der Waals surface area contributed by atoms with Crippen molar-refractivity contribution in [3.8, 4) is 0 Å². The van der Waals surface area contributed by atoms with Crippen LogP contribution in [0.3, 0.4) is 0 Å². The molecule has 2 N–H and O–H groups in total. The van der Waals surface area contributed by atoms with Crippen molar-refractivity contribution in [1.82, 2.24) is 9.21 Å². The van der Waals surface area contributed by atoms with Gasteiger partial charge in [-0.3, -0.25) is 0 Å². The quantitative estimate of drug-likeness (QED) is 0.752. The van der Waals surface area contributed by atoms with E-state index in [1.807, 2.05) is 25.9 Å². The number of anilines is 1. The average Bonchev–Trinajstić information content (AvgIpc) is 2.37. The summed E-state index contributed by atoms with van der Waals surface area (Å²) in [5.41, 5.74) is 6.19. The molecular formula is C13H22BrN3O2S. The predicted molar refractivity (Wildman–Crippen MR) is 86.2 cm³/mol. The first kappa shape index (κ1) is 17.4. The van der Waals surface area contributed by atoms with E-state index >= 15 is 0 Å². The van der Waals surface area contributed by atoms with Gasteiger partial charge in [0.15, 0.2) is 0 Å². The number of nitrogen functional groups attached to an aromatic ring is 1. The van der Waals surface area contributed by atoms with Crippen LogP contribution in [-0.4, -0.2) is 51.4 Å². The van der Waals surface area contributed by atoms with E-state index in [1.54, 1.807) is 12.1 Å². The van der Waals surface area contributed by atoms with E-state index in [2.05, 4.69) is 15.9 Å². The molecule has 0 spiro atoms. The molecule has 20 heavy (non-hydrogen) atoms. The molecule has 0 fully saturated rings. The molecule has 114 valence electrons. The second-order valence-electron chi connectivity index (χ2n) is 4.84. The van der Waals surface area contributed by atoms with Gasteiger partial charge >= 0.3 is 0 Å². The zero-order chi connectivity index (χ0) is 15.3. The van der Waals surface area contributed by atoms with E-state index < -0.39 is 10.0 Å². The fourth-order valence-corrected chi connectivity index (χ4v) is 3.61. The van der Waals surface area contributed by atoms with E-state index in [9.17, 15) is 8.42 Å². The zero-order valence-corrected chi connectivity index (χ0v) is 14.5. The molecule has 0 heterocycles. The number of halogens is 1. The van der Waals surface area contributed by atoms with Crippen molar-refractivity contribution in [2.24, 2.45) is 0 Å². The fourth-order valence-electron chi connectivity index (χ4n) is 1.84. The summed E-state index contributed by atoms with van der Waals surface area (Å²) in [6.07, 6.45) is 0.798. The number of rotatable bonds is 7. The largest absolute Gasteiger partial charge is 0.398 e. The molecule has 0 aliphatic carbocycles. The highest BCUT2D eigenvalue weighted by atomic mass is 79.9. The lowest BCUT2D eigenvalue weighted by Gasteiger charge is -2.21. The summed E-state index contributed by atoms with van der Waals surface area (Å²) in [5.74, 6) is 0. The van der Waals surface area contributed by atoms with Gasteiger partial charge in [-0.2, -0.15) is 4.31 Å². The van der Waals surface area contributed by atoms with Crippen LogP contribution in [0.1, 0.15) is 13.3 Å². The summed E-state index contributed by atoms with van der Waals surface area (Å²) in [4.78, 5) is 2.28. The van der Waals surface area contributed by atoms with Crippen LogP contribution >= 0.6 is 15.9 Å². The standard InChI is InChI=1S/C13H22BrN3O2S/c1-4-17(9-5-8-16(2)3)20(18,19)11-6-7-12(14)13(15)10-11/h6-7,10H,4-5,8-9,15H2,1-3H3. The fraction of sp³-hybridized carbons (Fsp3) is 0.538. The van der Waals surface area contributed by atoms with Crippen molar-refractivity contribution in [3.05, 3.63) is 22.7 Å². The van der Waals surface area contributed by atoms with Crippen molar-refractivity contribution in [2.45, 2.75) is 18.2 Å². The van der Waals surface area contributed by atoms with Crippen molar-refractivity contribution < 1.29 is 8.42 Å². The Morgan fingerprint density at radius 3 is 2.40 bits per heavy atom. The second-order valence-corrected chi connectivity index (χ2v) is 7.63. The molecule has 0 bridgehead atoms. The molecular weight excluding hydrogens is 342 g/mol. The lowest BCUT2D eigenvalue weighted by molar-refractivity contribution is 0.356. The molecule has 0 unspecified atom stereocenters. The second kappa shape index (κ2) is 7.40. The molecule has 0 aliphatic heterocycles. The molecule has 0 aromatic heterocycles. The summed E-state index contributed by atoms with van der Waals surface area (Å²) in [7, 11) is 0.470. The van der Waals surface area contributed by atoms with Crippen LogP contribution in [0.25, 0.3) is 0 Å². The van der Waals surface area contributed by atoms with Gasteiger partial charge in [0.05, 0.1) is 4.90 Å². The predicted octanol–water partition coefficient (Wildman–Crippen LogP) is 1.99. The van der Waals surface area contributed by atoms with E-state index in [-0.39, 0.29) is 4.90 Å². The Balaban J connectivity index is 2.91. The first-order chi connectivity index (χ1) is 9.28. The average molecular weight is 364 g/mol. The van der Waals surface area contributed by atoms with Crippen molar-refractivity contribution in [3.63, 3.8) is 0 Å². The minimum atomic E-state index is -3.47. The summed E-state index contributed by atoms with van der Waals surface area (Å²) >= 11 is 3.27. The number of benzene rings is 1. The topological polar surface area (TPSA) is 66.6 Å². The van der Waals surface area contributed by atoms with E-state index in [0.717, 1.165) is 13.0 Å². The first-order valence-electron chi connectivity index (χ1n) is 6.49.